The maximum absolute atomic E-state index is 12.8. The number of hydrogen-bond donors (Lipinski definition) is 1. The van der Waals surface area contributed by atoms with E-state index in [9.17, 15) is 4.79 Å². The van der Waals surface area contributed by atoms with Gasteiger partial charge in [-0.25, -0.2) is 9.97 Å². The Kier molecular flexibility index (Phi) is 5.10. The van der Waals surface area contributed by atoms with Gasteiger partial charge in [0.1, 0.15) is 17.6 Å². The highest BCUT2D eigenvalue weighted by Gasteiger charge is 2.18. The number of para-hydroxylation sites is 1. The number of amides is 1. The Labute approximate surface area is 170 Å². The number of nitrogens with zero attached hydrogens (tertiary/aromatic N) is 2. The second-order valence-corrected chi connectivity index (χ2v) is 6.72. The second kappa shape index (κ2) is 7.84. The standard InChI is InChI=1S/C21H13Cl2N3O2/c22-17-6-3-7-18(23)19(17)26-20(27)16-11-24-12-25-21(16)28-15-9-8-13-4-1-2-5-14(13)10-15/h1-12H,(H,26,27). The molecule has 3 aromatic carbocycles. The van der Waals surface area contributed by atoms with Crippen molar-refractivity contribution < 1.29 is 9.53 Å². The summed E-state index contributed by atoms with van der Waals surface area (Å²) >= 11 is 12.2. The minimum absolute atomic E-state index is 0.131. The van der Waals surface area contributed by atoms with Crippen molar-refractivity contribution in [3.63, 3.8) is 0 Å². The highest BCUT2D eigenvalue weighted by molar-refractivity contribution is 6.40. The van der Waals surface area contributed by atoms with Gasteiger partial charge in [-0.3, -0.25) is 4.79 Å². The highest BCUT2D eigenvalue weighted by atomic mass is 35.5. The van der Waals surface area contributed by atoms with Gasteiger partial charge in [0.25, 0.3) is 5.91 Å². The number of aromatic nitrogens is 2. The van der Waals surface area contributed by atoms with E-state index < -0.39 is 5.91 Å². The number of hydrogen-bond acceptors (Lipinski definition) is 4. The molecule has 0 unspecified atom stereocenters. The van der Waals surface area contributed by atoms with Gasteiger partial charge in [-0.15, -0.1) is 0 Å². The summed E-state index contributed by atoms with van der Waals surface area (Å²) in [7, 11) is 0. The fraction of sp³-hybridized carbons (Fsp3) is 0. The van der Waals surface area contributed by atoms with Crippen LogP contribution in [0.2, 0.25) is 10.0 Å². The summed E-state index contributed by atoms with van der Waals surface area (Å²) in [5.41, 5.74) is 0.475. The average Bonchev–Trinajstić information content (AvgIpc) is 2.71. The summed E-state index contributed by atoms with van der Waals surface area (Å²) in [4.78, 5) is 20.8. The number of anilines is 1. The number of ether oxygens (including phenoxy) is 1. The predicted molar refractivity (Wildman–Crippen MR) is 110 cm³/mol. The van der Waals surface area contributed by atoms with Gasteiger partial charge in [0.2, 0.25) is 5.88 Å². The third-order valence-corrected chi connectivity index (χ3v) is 4.69. The van der Waals surface area contributed by atoms with Crippen LogP contribution < -0.4 is 10.1 Å². The van der Waals surface area contributed by atoms with Crippen LogP contribution in [0.3, 0.4) is 0 Å². The van der Waals surface area contributed by atoms with Gasteiger partial charge in [0.15, 0.2) is 0 Å². The van der Waals surface area contributed by atoms with Gasteiger partial charge in [0.05, 0.1) is 15.7 Å². The van der Waals surface area contributed by atoms with E-state index in [-0.39, 0.29) is 11.4 Å². The van der Waals surface area contributed by atoms with Crippen LogP contribution in [0.15, 0.2) is 73.2 Å². The van der Waals surface area contributed by atoms with Gasteiger partial charge in [0, 0.05) is 6.20 Å². The van der Waals surface area contributed by atoms with Crippen LogP contribution in [0.5, 0.6) is 11.6 Å². The molecule has 0 saturated heterocycles. The van der Waals surface area contributed by atoms with Crippen LogP contribution >= 0.6 is 23.2 Å². The van der Waals surface area contributed by atoms with E-state index in [0.717, 1.165) is 10.8 Å². The van der Waals surface area contributed by atoms with Gasteiger partial charge < -0.3 is 10.1 Å². The normalized spacial score (nSPS) is 10.6. The first-order chi connectivity index (χ1) is 13.6. The van der Waals surface area contributed by atoms with Crippen molar-refractivity contribution in [2.24, 2.45) is 0 Å². The van der Waals surface area contributed by atoms with Crippen molar-refractivity contribution >= 4 is 45.6 Å². The van der Waals surface area contributed by atoms with Crippen LogP contribution in [0.4, 0.5) is 5.69 Å². The van der Waals surface area contributed by atoms with Crippen molar-refractivity contribution in [2.75, 3.05) is 5.32 Å². The zero-order valence-corrected chi connectivity index (χ0v) is 15.9. The number of carbonyl (C=O) groups is 1. The fourth-order valence-corrected chi connectivity index (χ4v) is 3.19. The number of rotatable bonds is 4. The molecule has 0 aliphatic heterocycles. The number of carbonyl (C=O) groups excluding carboxylic acids is 1. The Morgan fingerprint density at radius 1 is 0.929 bits per heavy atom. The fourth-order valence-electron chi connectivity index (χ4n) is 2.70. The molecule has 1 N–H and O–H groups in total. The monoisotopic (exact) mass is 409 g/mol. The number of benzene rings is 3. The van der Waals surface area contributed by atoms with E-state index in [1.54, 1.807) is 18.2 Å². The summed E-state index contributed by atoms with van der Waals surface area (Å²) in [6.45, 7) is 0. The van der Waals surface area contributed by atoms with Crippen molar-refractivity contribution in [3.05, 3.63) is 88.8 Å². The van der Waals surface area contributed by atoms with Gasteiger partial charge in [-0.2, -0.15) is 0 Å². The lowest BCUT2D eigenvalue weighted by Gasteiger charge is -2.12. The van der Waals surface area contributed by atoms with E-state index in [4.69, 9.17) is 27.9 Å². The molecular formula is C21H13Cl2N3O2. The first-order valence-electron chi connectivity index (χ1n) is 8.34. The molecule has 138 valence electrons. The molecule has 0 aliphatic rings. The lowest BCUT2D eigenvalue weighted by molar-refractivity contribution is 0.102. The molecule has 0 radical (unpaired) electrons. The van der Waals surface area contributed by atoms with E-state index >= 15 is 0 Å². The second-order valence-electron chi connectivity index (χ2n) is 5.90. The first kappa shape index (κ1) is 18.2. The Morgan fingerprint density at radius 2 is 1.68 bits per heavy atom. The van der Waals surface area contributed by atoms with Crippen molar-refractivity contribution in [3.8, 4) is 11.6 Å². The summed E-state index contributed by atoms with van der Waals surface area (Å²) in [5.74, 6) is 0.208. The van der Waals surface area contributed by atoms with Crippen LogP contribution in [0.25, 0.3) is 10.8 Å². The summed E-state index contributed by atoms with van der Waals surface area (Å²) in [5, 5.41) is 5.45. The maximum Gasteiger partial charge on any atom is 0.262 e. The molecule has 0 aliphatic carbocycles. The van der Waals surface area contributed by atoms with Crippen LogP contribution in [0.1, 0.15) is 10.4 Å². The molecule has 4 rings (SSSR count). The van der Waals surface area contributed by atoms with Gasteiger partial charge in [-0.05, 0) is 35.0 Å². The van der Waals surface area contributed by atoms with E-state index in [0.29, 0.717) is 21.5 Å². The summed E-state index contributed by atoms with van der Waals surface area (Å²) < 4.78 is 5.86. The van der Waals surface area contributed by atoms with Crippen LogP contribution in [0, 0.1) is 0 Å². The molecule has 4 aromatic rings. The smallest absolute Gasteiger partial charge is 0.262 e. The predicted octanol–water partition coefficient (Wildman–Crippen LogP) is 5.98. The molecular weight excluding hydrogens is 397 g/mol. The molecule has 0 saturated carbocycles. The molecule has 1 aromatic heterocycles. The minimum atomic E-state index is -0.480. The molecule has 0 spiro atoms. The molecule has 28 heavy (non-hydrogen) atoms. The molecule has 7 heteroatoms. The zero-order chi connectivity index (χ0) is 19.5. The molecule has 0 bridgehead atoms. The molecule has 0 atom stereocenters. The number of nitrogens with one attached hydrogen (secondary N) is 1. The summed E-state index contributed by atoms with van der Waals surface area (Å²) in [6.07, 6.45) is 2.69. The molecule has 1 amide bonds. The topological polar surface area (TPSA) is 64.1 Å². The SMILES string of the molecule is O=C(Nc1c(Cl)cccc1Cl)c1cncnc1Oc1ccc2ccccc2c1. The van der Waals surface area contributed by atoms with E-state index in [1.807, 2.05) is 42.5 Å². The van der Waals surface area contributed by atoms with Crippen molar-refractivity contribution in [1.82, 2.24) is 9.97 Å². The summed E-state index contributed by atoms with van der Waals surface area (Å²) in [6, 6.07) is 18.5. The molecule has 0 fully saturated rings. The van der Waals surface area contributed by atoms with Crippen molar-refractivity contribution in [2.45, 2.75) is 0 Å². The molecule has 1 heterocycles. The highest BCUT2D eigenvalue weighted by Crippen LogP contribution is 2.31. The van der Waals surface area contributed by atoms with Gasteiger partial charge >= 0.3 is 0 Å². The van der Waals surface area contributed by atoms with Crippen LogP contribution in [-0.2, 0) is 0 Å². The average molecular weight is 410 g/mol. The van der Waals surface area contributed by atoms with Crippen molar-refractivity contribution in [1.29, 1.82) is 0 Å². The Bertz CT molecular complexity index is 1160. The largest absolute Gasteiger partial charge is 0.438 e. The quantitative estimate of drug-likeness (QED) is 0.450. The zero-order valence-electron chi connectivity index (χ0n) is 14.4. The lowest BCUT2D eigenvalue weighted by Crippen LogP contribution is -2.14. The van der Waals surface area contributed by atoms with Gasteiger partial charge in [-0.1, -0.05) is 59.6 Å². The third kappa shape index (κ3) is 3.76. The Balaban J connectivity index is 1.63. The maximum atomic E-state index is 12.8. The Hall–Kier alpha value is -3.15. The first-order valence-corrected chi connectivity index (χ1v) is 9.09. The molecule has 5 nitrogen and oxygen atoms in total. The third-order valence-electron chi connectivity index (χ3n) is 4.06. The number of fused-ring (bicyclic) bond motifs is 1. The van der Waals surface area contributed by atoms with E-state index in [2.05, 4.69) is 15.3 Å². The minimum Gasteiger partial charge on any atom is -0.438 e. The van der Waals surface area contributed by atoms with Crippen LogP contribution in [-0.4, -0.2) is 15.9 Å². The number of halogens is 2. The lowest BCUT2D eigenvalue weighted by atomic mass is 10.1. The Morgan fingerprint density at radius 3 is 2.46 bits per heavy atom. The van der Waals surface area contributed by atoms with E-state index in [1.165, 1.54) is 12.5 Å².